The minimum absolute atomic E-state index is 0.0262. The van der Waals surface area contributed by atoms with Crippen molar-refractivity contribution in [3.8, 4) is 0 Å². The number of rotatable bonds is 0. The van der Waals surface area contributed by atoms with Gasteiger partial charge in [-0.05, 0) is 24.3 Å². The predicted octanol–water partition coefficient (Wildman–Crippen LogP) is 0.871. The molecule has 2 aliphatic heterocycles. The van der Waals surface area contributed by atoms with E-state index in [1.54, 1.807) is 0 Å². The van der Waals surface area contributed by atoms with E-state index in [0.29, 0.717) is 13.0 Å². The quantitative estimate of drug-likeness (QED) is 0.658. The van der Waals surface area contributed by atoms with Gasteiger partial charge >= 0.3 is 0 Å². The van der Waals surface area contributed by atoms with Crippen LogP contribution in [0, 0.1) is 5.41 Å². The number of aliphatic hydroxyl groups excluding tert-OH is 1. The predicted molar refractivity (Wildman–Crippen MR) is 66.3 cm³/mol. The van der Waals surface area contributed by atoms with E-state index in [0.717, 1.165) is 12.2 Å². The highest BCUT2D eigenvalue weighted by Crippen LogP contribution is 2.32. The molecule has 0 aliphatic carbocycles. The maximum atomic E-state index is 12.0. The van der Waals surface area contributed by atoms with Crippen LogP contribution in [0.2, 0.25) is 0 Å². The normalized spacial score (nSPS) is 31.2. The van der Waals surface area contributed by atoms with E-state index in [2.05, 4.69) is 31.0 Å². The number of aliphatic hydroxyl groups is 1. The summed E-state index contributed by atoms with van der Waals surface area (Å²) in [6.45, 7) is 9.82. The molecule has 4 nitrogen and oxygen atoms in total. The van der Waals surface area contributed by atoms with Gasteiger partial charge in [0.1, 0.15) is 0 Å². The zero-order chi connectivity index (χ0) is 12.8. The number of carbonyl (C=O) groups excluding carboxylic acids is 1. The van der Waals surface area contributed by atoms with E-state index in [1.165, 1.54) is 5.57 Å². The number of amides is 1. The second-order valence-electron chi connectivity index (χ2n) is 6.18. The van der Waals surface area contributed by atoms with Gasteiger partial charge in [-0.2, -0.15) is 0 Å². The van der Waals surface area contributed by atoms with Crippen LogP contribution in [0.1, 0.15) is 34.1 Å². The molecule has 2 atom stereocenters. The third kappa shape index (κ3) is 2.38. The highest BCUT2D eigenvalue weighted by Gasteiger charge is 2.39. The third-order valence-electron chi connectivity index (χ3n) is 3.71. The number of hydrogen-bond donors (Lipinski definition) is 2. The van der Waals surface area contributed by atoms with Crippen molar-refractivity contribution in [1.82, 2.24) is 10.2 Å². The Labute approximate surface area is 103 Å². The van der Waals surface area contributed by atoms with E-state index in [1.807, 2.05) is 6.92 Å². The first-order chi connectivity index (χ1) is 7.79. The molecule has 0 unspecified atom stereocenters. The summed E-state index contributed by atoms with van der Waals surface area (Å²) >= 11 is 0. The van der Waals surface area contributed by atoms with E-state index >= 15 is 0 Å². The third-order valence-corrected chi connectivity index (χ3v) is 3.71. The topological polar surface area (TPSA) is 52.6 Å². The minimum Gasteiger partial charge on any atom is -0.392 e. The number of nitrogens with zero attached hydrogens (tertiary/aromatic N) is 1. The number of allylic oxidation sites excluding steroid dienone is 1. The maximum absolute atomic E-state index is 12.0. The molecule has 1 amide bonds. The Bertz CT molecular complexity index is 368. The highest BCUT2D eigenvalue weighted by atomic mass is 16.3. The van der Waals surface area contributed by atoms with Gasteiger partial charge in [0.25, 0.3) is 0 Å². The Balaban J connectivity index is 2.31. The van der Waals surface area contributed by atoms with Crippen molar-refractivity contribution in [2.45, 2.75) is 46.3 Å². The number of hydrogen-bond acceptors (Lipinski definition) is 3. The van der Waals surface area contributed by atoms with Gasteiger partial charge in [-0.25, -0.2) is 0 Å². The van der Waals surface area contributed by atoms with Crippen LogP contribution in [0.5, 0.6) is 0 Å². The lowest BCUT2D eigenvalue weighted by Crippen LogP contribution is -2.40. The SMILES string of the molecule is CC1=C(C(C)(C)C)CN2C[C@H](O)C[C@H]2C(=O)N1. The van der Waals surface area contributed by atoms with Gasteiger partial charge in [0.05, 0.1) is 12.1 Å². The standard InChI is InChI=1S/C13H22N2O2/c1-8-10(13(2,3)4)7-15-6-9(16)5-11(15)12(17)14-8/h9,11,16H,5-7H2,1-4H3,(H,14,17)/t9-,11+/m1/s1. The summed E-state index contributed by atoms with van der Waals surface area (Å²) in [4.78, 5) is 14.1. The lowest BCUT2D eigenvalue weighted by Gasteiger charge is -2.28. The van der Waals surface area contributed by atoms with Gasteiger partial charge in [-0.3, -0.25) is 9.69 Å². The van der Waals surface area contributed by atoms with Crippen LogP contribution in [0.25, 0.3) is 0 Å². The average molecular weight is 238 g/mol. The van der Waals surface area contributed by atoms with Crippen molar-refractivity contribution < 1.29 is 9.90 Å². The second-order valence-corrected chi connectivity index (χ2v) is 6.18. The number of fused-ring (bicyclic) bond motifs is 1. The zero-order valence-electron chi connectivity index (χ0n) is 11.1. The summed E-state index contributed by atoms with van der Waals surface area (Å²) in [5.41, 5.74) is 2.27. The van der Waals surface area contributed by atoms with Gasteiger partial charge in [-0.1, -0.05) is 20.8 Å². The molecule has 1 fully saturated rings. The Morgan fingerprint density at radius 1 is 1.41 bits per heavy atom. The average Bonchev–Trinajstić information content (AvgIpc) is 2.48. The Hall–Kier alpha value is -0.870. The molecule has 2 heterocycles. The van der Waals surface area contributed by atoms with Gasteiger partial charge in [0.15, 0.2) is 0 Å². The van der Waals surface area contributed by atoms with Crippen molar-refractivity contribution in [2.24, 2.45) is 5.41 Å². The molecule has 0 bridgehead atoms. The van der Waals surface area contributed by atoms with Gasteiger partial charge in [-0.15, -0.1) is 0 Å². The Morgan fingerprint density at radius 2 is 2.06 bits per heavy atom. The molecular weight excluding hydrogens is 216 g/mol. The summed E-state index contributed by atoms with van der Waals surface area (Å²) in [7, 11) is 0. The van der Waals surface area contributed by atoms with Crippen LogP contribution < -0.4 is 5.32 Å². The molecule has 0 aromatic heterocycles. The van der Waals surface area contributed by atoms with Crippen molar-refractivity contribution in [1.29, 1.82) is 0 Å². The summed E-state index contributed by atoms with van der Waals surface area (Å²) < 4.78 is 0. The fourth-order valence-electron chi connectivity index (χ4n) is 2.79. The Kier molecular flexibility index (Phi) is 3.04. The summed E-state index contributed by atoms with van der Waals surface area (Å²) in [5.74, 6) is 0.0262. The molecule has 2 aliphatic rings. The van der Waals surface area contributed by atoms with Crippen LogP contribution >= 0.6 is 0 Å². The van der Waals surface area contributed by atoms with Crippen molar-refractivity contribution in [3.05, 3.63) is 11.3 Å². The summed E-state index contributed by atoms with van der Waals surface area (Å²) in [6, 6.07) is -0.167. The molecule has 17 heavy (non-hydrogen) atoms. The van der Waals surface area contributed by atoms with E-state index < -0.39 is 0 Å². The molecule has 0 spiro atoms. The van der Waals surface area contributed by atoms with Crippen LogP contribution in [0.3, 0.4) is 0 Å². The van der Waals surface area contributed by atoms with Gasteiger partial charge < -0.3 is 10.4 Å². The van der Waals surface area contributed by atoms with Gasteiger partial charge in [0, 0.05) is 18.8 Å². The first-order valence-electron chi connectivity index (χ1n) is 6.22. The number of carbonyl (C=O) groups is 1. The number of nitrogens with one attached hydrogen (secondary N) is 1. The van der Waals surface area contributed by atoms with Crippen LogP contribution in [0.15, 0.2) is 11.3 Å². The molecule has 1 saturated heterocycles. The first-order valence-corrected chi connectivity index (χ1v) is 6.22. The van der Waals surface area contributed by atoms with Crippen LogP contribution in [0.4, 0.5) is 0 Å². The lowest BCUT2D eigenvalue weighted by molar-refractivity contribution is -0.124. The van der Waals surface area contributed by atoms with Crippen molar-refractivity contribution in [2.75, 3.05) is 13.1 Å². The largest absolute Gasteiger partial charge is 0.392 e. The molecular formula is C13H22N2O2. The molecule has 0 radical (unpaired) electrons. The Morgan fingerprint density at radius 3 is 2.65 bits per heavy atom. The molecule has 2 N–H and O–H groups in total. The maximum Gasteiger partial charge on any atom is 0.241 e. The summed E-state index contributed by atoms with van der Waals surface area (Å²) in [6.07, 6.45) is 0.182. The van der Waals surface area contributed by atoms with Crippen LogP contribution in [-0.2, 0) is 4.79 Å². The molecule has 4 heteroatoms. The highest BCUT2D eigenvalue weighted by molar-refractivity contribution is 5.84. The zero-order valence-corrected chi connectivity index (χ0v) is 11.1. The fraction of sp³-hybridized carbons (Fsp3) is 0.769. The minimum atomic E-state index is -0.370. The van der Waals surface area contributed by atoms with Crippen molar-refractivity contribution >= 4 is 5.91 Å². The van der Waals surface area contributed by atoms with E-state index in [9.17, 15) is 9.90 Å². The first kappa shape index (κ1) is 12.6. The molecule has 2 rings (SSSR count). The lowest BCUT2D eigenvalue weighted by atomic mass is 9.85. The monoisotopic (exact) mass is 238 g/mol. The fourth-order valence-corrected chi connectivity index (χ4v) is 2.79. The van der Waals surface area contributed by atoms with Crippen molar-refractivity contribution in [3.63, 3.8) is 0 Å². The summed E-state index contributed by atoms with van der Waals surface area (Å²) in [5, 5.41) is 12.7. The van der Waals surface area contributed by atoms with E-state index in [-0.39, 0.29) is 23.5 Å². The second kappa shape index (κ2) is 4.10. The smallest absolute Gasteiger partial charge is 0.241 e. The molecule has 0 aromatic rings. The molecule has 0 aromatic carbocycles. The molecule has 0 saturated carbocycles. The van der Waals surface area contributed by atoms with Crippen LogP contribution in [-0.4, -0.2) is 41.1 Å². The van der Waals surface area contributed by atoms with Gasteiger partial charge in [0.2, 0.25) is 5.91 Å². The van der Waals surface area contributed by atoms with E-state index in [4.69, 9.17) is 0 Å². The molecule has 96 valence electrons.